The summed E-state index contributed by atoms with van der Waals surface area (Å²) >= 11 is 1.74. The summed E-state index contributed by atoms with van der Waals surface area (Å²) in [7, 11) is 0. The van der Waals surface area contributed by atoms with Crippen LogP contribution in [0.3, 0.4) is 0 Å². The van der Waals surface area contributed by atoms with Crippen LogP contribution in [0.2, 0.25) is 0 Å². The molecule has 3 N–H and O–H groups in total. The SMILES string of the molecule is Cl.NCC1(C(=O)NCCSc2ccccc2)CCOCC1. The average Bonchev–Trinajstić information content (AvgIpc) is 2.53. The fourth-order valence-corrected chi connectivity index (χ4v) is 3.11. The molecule has 1 aromatic carbocycles. The van der Waals surface area contributed by atoms with Gasteiger partial charge in [0.05, 0.1) is 5.41 Å². The Morgan fingerprint density at radius 2 is 1.95 bits per heavy atom. The van der Waals surface area contributed by atoms with Gasteiger partial charge >= 0.3 is 0 Å². The van der Waals surface area contributed by atoms with Crippen molar-refractivity contribution in [3.05, 3.63) is 30.3 Å². The van der Waals surface area contributed by atoms with Crippen LogP contribution in [0.5, 0.6) is 0 Å². The maximum atomic E-state index is 12.3. The van der Waals surface area contributed by atoms with Gasteiger partial charge in [0.2, 0.25) is 5.91 Å². The Bertz CT molecular complexity index is 425. The van der Waals surface area contributed by atoms with Gasteiger partial charge in [-0.1, -0.05) is 18.2 Å². The fraction of sp³-hybridized carbons (Fsp3) is 0.533. The second kappa shape index (κ2) is 9.30. The molecule has 1 aromatic rings. The van der Waals surface area contributed by atoms with E-state index in [-0.39, 0.29) is 18.3 Å². The van der Waals surface area contributed by atoms with Crippen molar-refractivity contribution in [2.45, 2.75) is 17.7 Å². The van der Waals surface area contributed by atoms with Gasteiger partial charge in [-0.2, -0.15) is 0 Å². The van der Waals surface area contributed by atoms with E-state index in [0.29, 0.717) is 26.3 Å². The van der Waals surface area contributed by atoms with Crippen LogP contribution in [0.4, 0.5) is 0 Å². The van der Waals surface area contributed by atoms with Gasteiger partial charge < -0.3 is 15.8 Å². The van der Waals surface area contributed by atoms with Gasteiger partial charge in [0.1, 0.15) is 0 Å². The predicted octanol–water partition coefficient (Wildman–Crippen LogP) is 2.07. The topological polar surface area (TPSA) is 64.4 Å². The summed E-state index contributed by atoms with van der Waals surface area (Å²) < 4.78 is 5.32. The van der Waals surface area contributed by atoms with Crippen LogP contribution in [0, 0.1) is 5.41 Å². The molecule has 1 amide bonds. The number of nitrogens with two attached hydrogens (primary N) is 1. The van der Waals surface area contributed by atoms with Gasteiger partial charge in [-0.25, -0.2) is 0 Å². The van der Waals surface area contributed by atoms with Gasteiger partial charge in [0.25, 0.3) is 0 Å². The molecule has 0 radical (unpaired) electrons. The van der Waals surface area contributed by atoms with E-state index in [4.69, 9.17) is 10.5 Å². The minimum absolute atomic E-state index is 0. The summed E-state index contributed by atoms with van der Waals surface area (Å²) in [6.45, 7) is 2.32. The van der Waals surface area contributed by atoms with Gasteiger partial charge in [-0.05, 0) is 25.0 Å². The van der Waals surface area contributed by atoms with Crippen LogP contribution in [0.15, 0.2) is 35.2 Å². The smallest absolute Gasteiger partial charge is 0.227 e. The Balaban J connectivity index is 0.00000220. The van der Waals surface area contributed by atoms with Crippen LogP contribution in [0.25, 0.3) is 0 Å². The van der Waals surface area contributed by atoms with Gasteiger partial charge in [0, 0.05) is 37.0 Å². The molecule has 118 valence electrons. The first-order valence-electron chi connectivity index (χ1n) is 7.01. The normalized spacial score (nSPS) is 16.8. The summed E-state index contributed by atoms with van der Waals surface area (Å²) in [5.41, 5.74) is 5.39. The first-order chi connectivity index (χ1) is 9.77. The Morgan fingerprint density at radius 1 is 1.29 bits per heavy atom. The highest BCUT2D eigenvalue weighted by atomic mass is 35.5. The molecule has 4 nitrogen and oxygen atoms in total. The molecule has 1 aliphatic rings. The number of halogens is 1. The molecule has 0 spiro atoms. The second-order valence-corrected chi connectivity index (χ2v) is 6.18. The number of ether oxygens (including phenoxy) is 1. The number of hydrogen-bond donors (Lipinski definition) is 2. The minimum Gasteiger partial charge on any atom is -0.381 e. The molecule has 0 atom stereocenters. The van der Waals surface area contributed by atoms with Crippen molar-refractivity contribution in [2.75, 3.05) is 32.1 Å². The quantitative estimate of drug-likeness (QED) is 0.619. The zero-order chi connectivity index (χ0) is 14.3. The van der Waals surface area contributed by atoms with Crippen LogP contribution < -0.4 is 11.1 Å². The lowest BCUT2D eigenvalue weighted by Gasteiger charge is -2.34. The number of carbonyl (C=O) groups excluding carboxylic acids is 1. The van der Waals surface area contributed by atoms with E-state index >= 15 is 0 Å². The van der Waals surface area contributed by atoms with Gasteiger partial charge in [0.15, 0.2) is 0 Å². The third-order valence-electron chi connectivity index (χ3n) is 3.72. The highest BCUT2D eigenvalue weighted by Gasteiger charge is 2.38. The summed E-state index contributed by atoms with van der Waals surface area (Å²) in [5.74, 6) is 0.948. The number of carbonyl (C=O) groups is 1. The molecule has 0 aliphatic carbocycles. The van der Waals surface area contributed by atoms with Crippen LogP contribution in [-0.2, 0) is 9.53 Å². The van der Waals surface area contributed by atoms with E-state index in [9.17, 15) is 4.79 Å². The van der Waals surface area contributed by atoms with Crippen molar-refractivity contribution in [3.8, 4) is 0 Å². The second-order valence-electron chi connectivity index (χ2n) is 5.01. The number of rotatable bonds is 6. The molecule has 1 fully saturated rings. The summed E-state index contributed by atoms with van der Waals surface area (Å²) in [5, 5.41) is 3.02. The van der Waals surface area contributed by atoms with E-state index in [1.54, 1.807) is 11.8 Å². The Kier molecular flexibility index (Phi) is 8.11. The van der Waals surface area contributed by atoms with Crippen LogP contribution >= 0.6 is 24.2 Å². The molecule has 0 saturated carbocycles. The maximum absolute atomic E-state index is 12.3. The van der Waals surface area contributed by atoms with Crippen molar-refractivity contribution in [2.24, 2.45) is 11.1 Å². The van der Waals surface area contributed by atoms with Gasteiger partial charge in [-0.3, -0.25) is 4.79 Å². The average molecular weight is 331 g/mol. The minimum atomic E-state index is -0.421. The van der Waals surface area contributed by atoms with Crippen LogP contribution in [-0.4, -0.2) is 38.0 Å². The molecule has 1 heterocycles. The summed E-state index contributed by atoms with van der Waals surface area (Å²) in [4.78, 5) is 13.5. The Labute approximate surface area is 136 Å². The van der Waals surface area contributed by atoms with E-state index < -0.39 is 5.41 Å². The first-order valence-corrected chi connectivity index (χ1v) is 7.99. The number of hydrogen-bond acceptors (Lipinski definition) is 4. The summed E-state index contributed by atoms with van der Waals surface area (Å²) in [6.07, 6.45) is 1.45. The highest BCUT2D eigenvalue weighted by Crippen LogP contribution is 2.29. The van der Waals surface area contributed by atoms with Crippen molar-refractivity contribution in [1.29, 1.82) is 0 Å². The molecule has 1 saturated heterocycles. The van der Waals surface area contributed by atoms with Crippen molar-refractivity contribution in [1.82, 2.24) is 5.32 Å². The molecule has 1 aliphatic heterocycles. The molecular formula is C15H23ClN2O2S. The molecule has 0 unspecified atom stereocenters. The first kappa shape index (κ1) is 18.3. The number of thioether (sulfide) groups is 1. The highest BCUT2D eigenvalue weighted by molar-refractivity contribution is 7.99. The molecule has 6 heteroatoms. The van der Waals surface area contributed by atoms with E-state index in [2.05, 4.69) is 17.4 Å². The molecule has 0 bridgehead atoms. The van der Waals surface area contributed by atoms with E-state index in [1.807, 2.05) is 18.2 Å². The van der Waals surface area contributed by atoms with E-state index in [1.165, 1.54) is 4.90 Å². The van der Waals surface area contributed by atoms with E-state index in [0.717, 1.165) is 18.6 Å². The lowest BCUT2D eigenvalue weighted by atomic mass is 9.79. The third-order valence-corrected chi connectivity index (χ3v) is 4.74. The monoisotopic (exact) mass is 330 g/mol. The van der Waals surface area contributed by atoms with Crippen molar-refractivity contribution >= 4 is 30.1 Å². The molecule has 2 rings (SSSR count). The molecular weight excluding hydrogens is 308 g/mol. The zero-order valence-electron chi connectivity index (χ0n) is 12.0. The third kappa shape index (κ3) is 5.18. The number of benzene rings is 1. The lowest BCUT2D eigenvalue weighted by Crippen LogP contribution is -2.49. The summed E-state index contributed by atoms with van der Waals surface area (Å²) in [6, 6.07) is 10.2. The fourth-order valence-electron chi connectivity index (χ4n) is 2.32. The van der Waals surface area contributed by atoms with Crippen molar-refractivity contribution < 1.29 is 9.53 Å². The lowest BCUT2D eigenvalue weighted by molar-refractivity contribution is -0.135. The standard InChI is InChI=1S/C15H22N2O2S.ClH/c16-12-15(6-9-19-10-7-15)14(18)17-8-11-20-13-4-2-1-3-5-13;/h1-5H,6-12,16H2,(H,17,18);1H. The largest absolute Gasteiger partial charge is 0.381 e. The Hall–Kier alpha value is -0.750. The number of amides is 1. The van der Waals surface area contributed by atoms with Gasteiger partial charge in [-0.15, -0.1) is 24.2 Å². The molecule has 21 heavy (non-hydrogen) atoms. The Morgan fingerprint density at radius 3 is 2.57 bits per heavy atom. The molecule has 0 aromatic heterocycles. The van der Waals surface area contributed by atoms with Crippen molar-refractivity contribution in [3.63, 3.8) is 0 Å². The van der Waals surface area contributed by atoms with Crippen LogP contribution in [0.1, 0.15) is 12.8 Å². The zero-order valence-corrected chi connectivity index (χ0v) is 13.7. The maximum Gasteiger partial charge on any atom is 0.227 e. The predicted molar refractivity (Wildman–Crippen MR) is 89.0 cm³/mol. The number of nitrogens with one attached hydrogen (secondary N) is 1.